The molecule has 0 aliphatic rings. The van der Waals surface area contributed by atoms with Crippen molar-refractivity contribution in [3.63, 3.8) is 0 Å². The van der Waals surface area contributed by atoms with E-state index in [0.29, 0.717) is 22.6 Å². The zero-order chi connectivity index (χ0) is 19.0. The van der Waals surface area contributed by atoms with E-state index in [0.717, 1.165) is 10.1 Å². The van der Waals surface area contributed by atoms with Gasteiger partial charge in [0.05, 0.1) is 12.8 Å². The van der Waals surface area contributed by atoms with E-state index in [-0.39, 0.29) is 5.78 Å². The maximum absolute atomic E-state index is 13.1. The average Bonchev–Trinajstić information content (AvgIpc) is 3.13. The Morgan fingerprint density at radius 1 is 0.926 bits per heavy atom. The van der Waals surface area contributed by atoms with E-state index in [4.69, 9.17) is 4.74 Å². The highest BCUT2D eigenvalue weighted by molar-refractivity contribution is 5.81. The number of ether oxygens (including phenoxy) is 1. The summed E-state index contributed by atoms with van der Waals surface area (Å²) >= 11 is 0. The van der Waals surface area contributed by atoms with Crippen molar-refractivity contribution in [1.29, 1.82) is 0 Å². The molecule has 0 unspecified atom stereocenters. The molecule has 0 amide bonds. The van der Waals surface area contributed by atoms with Crippen LogP contribution in [0, 0.1) is 0 Å². The summed E-state index contributed by atoms with van der Waals surface area (Å²) in [5.41, 5.74) is 2.59. The molecule has 0 N–H and O–H groups in total. The fraction of sp³-hybridized carbons (Fsp3) is 0.105. The zero-order valence-corrected chi connectivity index (χ0v) is 14.1. The van der Waals surface area contributed by atoms with E-state index < -0.39 is 12.0 Å². The monoisotopic (exact) mass is 370 g/mol. The van der Waals surface area contributed by atoms with Crippen molar-refractivity contribution in [1.82, 2.24) is 19.6 Å². The second-order valence-corrected chi connectivity index (χ2v) is 5.76. The first-order chi connectivity index (χ1) is 13.0. The minimum Gasteiger partial charge on any atom is -0.497 e. The number of nitrogens with zero attached hydrogens (tertiary/aromatic N) is 4. The molecule has 0 bridgehead atoms. The van der Waals surface area contributed by atoms with E-state index in [1.807, 2.05) is 30.3 Å². The maximum atomic E-state index is 13.1. The van der Waals surface area contributed by atoms with Crippen LogP contribution in [-0.2, 0) is 6.18 Å². The van der Waals surface area contributed by atoms with Gasteiger partial charge in [-0.25, -0.2) is 4.98 Å². The van der Waals surface area contributed by atoms with Crippen LogP contribution in [0.5, 0.6) is 5.75 Å². The molecule has 2 aromatic carbocycles. The first-order valence-electron chi connectivity index (χ1n) is 8.00. The minimum atomic E-state index is -4.65. The first-order valence-corrected chi connectivity index (χ1v) is 8.00. The van der Waals surface area contributed by atoms with E-state index in [9.17, 15) is 13.2 Å². The first kappa shape index (κ1) is 17.0. The number of aromatic nitrogens is 4. The fourth-order valence-electron chi connectivity index (χ4n) is 2.81. The van der Waals surface area contributed by atoms with E-state index in [1.165, 1.54) is 6.20 Å². The molecule has 4 aromatic rings. The van der Waals surface area contributed by atoms with Crippen molar-refractivity contribution < 1.29 is 17.9 Å². The molecule has 0 aliphatic heterocycles. The van der Waals surface area contributed by atoms with Gasteiger partial charge in [0.25, 0.3) is 11.6 Å². The van der Waals surface area contributed by atoms with E-state index >= 15 is 0 Å². The van der Waals surface area contributed by atoms with Gasteiger partial charge in [0.1, 0.15) is 5.75 Å². The number of alkyl halides is 3. The Morgan fingerprint density at radius 2 is 1.63 bits per heavy atom. The Labute approximate surface area is 152 Å². The van der Waals surface area contributed by atoms with Crippen molar-refractivity contribution in [3.8, 4) is 28.1 Å². The van der Waals surface area contributed by atoms with Gasteiger partial charge in [-0.05, 0) is 29.8 Å². The van der Waals surface area contributed by atoms with Gasteiger partial charge in [-0.15, -0.1) is 5.10 Å². The third-order valence-corrected chi connectivity index (χ3v) is 4.07. The Bertz CT molecular complexity index is 1090. The van der Waals surface area contributed by atoms with E-state index in [2.05, 4.69) is 15.1 Å². The minimum absolute atomic E-state index is 0.118. The number of hydrogen-bond donors (Lipinski definition) is 0. The molecule has 0 saturated carbocycles. The van der Waals surface area contributed by atoms with Gasteiger partial charge in [-0.3, -0.25) is 0 Å². The van der Waals surface area contributed by atoms with Gasteiger partial charge < -0.3 is 4.74 Å². The second kappa shape index (κ2) is 6.39. The molecule has 2 aromatic heterocycles. The molecule has 136 valence electrons. The summed E-state index contributed by atoms with van der Waals surface area (Å²) in [6, 6.07) is 16.3. The number of rotatable bonds is 3. The summed E-state index contributed by atoms with van der Waals surface area (Å²) in [6.07, 6.45) is -3.14. The van der Waals surface area contributed by atoms with Crippen molar-refractivity contribution >= 4 is 5.78 Å². The Morgan fingerprint density at radius 3 is 2.26 bits per heavy atom. The Hall–Kier alpha value is -3.42. The smallest absolute Gasteiger partial charge is 0.453 e. The van der Waals surface area contributed by atoms with Gasteiger partial charge in [-0.2, -0.15) is 22.7 Å². The number of benzene rings is 2. The summed E-state index contributed by atoms with van der Waals surface area (Å²) in [4.78, 5) is 7.61. The molecular weight excluding hydrogens is 357 g/mol. The molecule has 0 saturated heterocycles. The van der Waals surface area contributed by atoms with Crippen LogP contribution in [0.15, 0.2) is 60.8 Å². The van der Waals surface area contributed by atoms with Crippen LogP contribution in [0.2, 0.25) is 0 Å². The molecule has 0 radical (unpaired) electrons. The highest BCUT2D eigenvalue weighted by atomic mass is 19.4. The number of methoxy groups -OCH3 is 1. The Kier molecular flexibility index (Phi) is 4.02. The lowest BCUT2D eigenvalue weighted by Gasteiger charge is -2.11. The van der Waals surface area contributed by atoms with Crippen LogP contribution in [0.1, 0.15) is 5.82 Å². The van der Waals surface area contributed by atoms with Crippen LogP contribution >= 0.6 is 0 Å². The van der Waals surface area contributed by atoms with Crippen LogP contribution < -0.4 is 4.74 Å². The molecule has 27 heavy (non-hydrogen) atoms. The summed E-state index contributed by atoms with van der Waals surface area (Å²) in [5.74, 6) is -0.706. The molecule has 5 nitrogen and oxygen atoms in total. The molecule has 8 heteroatoms. The van der Waals surface area contributed by atoms with Gasteiger partial charge in [-0.1, -0.05) is 30.3 Å². The summed E-state index contributed by atoms with van der Waals surface area (Å²) in [6.45, 7) is 0. The SMILES string of the molecule is COc1ccc(-c2c(-c3ccccc3)cnc3nc(C(F)(F)F)nn23)cc1. The highest BCUT2D eigenvalue weighted by Gasteiger charge is 2.37. The van der Waals surface area contributed by atoms with Crippen LogP contribution in [-0.4, -0.2) is 26.7 Å². The lowest BCUT2D eigenvalue weighted by atomic mass is 10.0. The van der Waals surface area contributed by atoms with Gasteiger partial charge in [0, 0.05) is 17.3 Å². The lowest BCUT2D eigenvalue weighted by Crippen LogP contribution is -2.08. The van der Waals surface area contributed by atoms with Crippen LogP contribution in [0.3, 0.4) is 0 Å². The maximum Gasteiger partial charge on any atom is 0.453 e. The summed E-state index contributed by atoms with van der Waals surface area (Å²) in [5, 5.41) is 3.68. The number of hydrogen-bond acceptors (Lipinski definition) is 4. The van der Waals surface area contributed by atoms with Gasteiger partial charge >= 0.3 is 6.18 Å². The van der Waals surface area contributed by atoms with Crippen molar-refractivity contribution in [2.75, 3.05) is 7.11 Å². The molecule has 0 aliphatic carbocycles. The number of halogens is 3. The summed E-state index contributed by atoms with van der Waals surface area (Å²) in [7, 11) is 1.54. The summed E-state index contributed by atoms with van der Waals surface area (Å²) < 4.78 is 45.6. The topological polar surface area (TPSA) is 52.3 Å². The normalized spacial score (nSPS) is 11.7. The quantitative estimate of drug-likeness (QED) is 0.533. The Balaban J connectivity index is 2.02. The second-order valence-electron chi connectivity index (χ2n) is 5.76. The predicted molar refractivity (Wildman–Crippen MR) is 93.2 cm³/mol. The fourth-order valence-corrected chi connectivity index (χ4v) is 2.81. The standard InChI is InChI=1S/C19H13F3N4O/c1-27-14-9-7-13(8-10-14)16-15(12-5-3-2-4-6-12)11-23-18-24-17(19(20,21)22)25-26(16)18/h2-11H,1H3. The van der Waals surface area contributed by atoms with Crippen LogP contribution in [0.4, 0.5) is 13.2 Å². The van der Waals surface area contributed by atoms with Gasteiger partial charge in [0.2, 0.25) is 0 Å². The third-order valence-electron chi connectivity index (χ3n) is 4.07. The van der Waals surface area contributed by atoms with E-state index in [1.54, 1.807) is 31.4 Å². The predicted octanol–water partition coefficient (Wildman–Crippen LogP) is 4.49. The molecule has 0 fully saturated rings. The third kappa shape index (κ3) is 3.10. The molecular formula is C19H13F3N4O. The molecule has 0 spiro atoms. The molecule has 4 rings (SSSR count). The number of fused-ring (bicyclic) bond motifs is 1. The largest absolute Gasteiger partial charge is 0.497 e. The van der Waals surface area contributed by atoms with Crippen LogP contribution in [0.25, 0.3) is 28.2 Å². The zero-order valence-electron chi connectivity index (χ0n) is 14.1. The van der Waals surface area contributed by atoms with Crippen molar-refractivity contribution in [3.05, 3.63) is 66.6 Å². The molecule has 2 heterocycles. The molecule has 0 atom stereocenters. The van der Waals surface area contributed by atoms with Gasteiger partial charge in [0.15, 0.2) is 0 Å². The average molecular weight is 370 g/mol. The lowest BCUT2D eigenvalue weighted by molar-refractivity contribution is -0.144. The van der Waals surface area contributed by atoms with Crippen molar-refractivity contribution in [2.24, 2.45) is 0 Å². The highest BCUT2D eigenvalue weighted by Crippen LogP contribution is 2.34. The van der Waals surface area contributed by atoms with Crippen molar-refractivity contribution in [2.45, 2.75) is 6.18 Å².